The van der Waals surface area contributed by atoms with Gasteiger partial charge in [0.25, 0.3) is 0 Å². The zero-order chi connectivity index (χ0) is 9.90. The van der Waals surface area contributed by atoms with Crippen molar-refractivity contribution in [2.45, 2.75) is 27.2 Å². The smallest absolute Gasteiger partial charge is 0.204 e. The van der Waals surface area contributed by atoms with Crippen LogP contribution in [0, 0.1) is 17.8 Å². The highest BCUT2D eigenvalue weighted by molar-refractivity contribution is 5.17. The summed E-state index contributed by atoms with van der Waals surface area (Å²) >= 11 is 0. The van der Waals surface area contributed by atoms with Crippen LogP contribution in [0.1, 0.15) is 32.2 Å². The van der Waals surface area contributed by atoms with E-state index < -0.39 is 0 Å². The Kier molecular flexibility index (Phi) is 2.67. The van der Waals surface area contributed by atoms with Gasteiger partial charge in [0.15, 0.2) is 0 Å². The molecule has 0 unspecified atom stereocenters. The van der Waals surface area contributed by atoms with E-state index in [1.54, 1.807) is 12.4 Å². The Morgan fingerprint density at radius 2 is 1.85 bits per heavy atom. The zero-order valence-electron chi connectivity index (χ0n) is 8.33. The first-order chi connectivity index (χ1) is 6.01. The van der Waals surface area contributed by atoms with Crippen molar-refractivity contribution in [1.82, 2.24) is 9.97 Å². The van der Waals surface area contributed by atoms with Gasteiger partial charge >= 0.3 is 0 Å². The summed E-state index contributed by atoms with van der Waals surface area (Å²) in [5, 5.41) is 0. The highest BCUT2D eigenvalue weighted by Gasteiger charge is 2.11. The Labute approximate surface area is 79.4 Å². The van der Waals surface area contributed by atoms with Crippen LogP contribution in [0.2, 0.25) is 0 Å². The Morgan fingerprint density at radius 1 is 1.31 bits per heavy atom. The van der Waals surface area contributed by atoms with Crippen LogP contribution in [0.25, 0.3) is 0 Å². The van der Waals surface area contributed by atoms with Crippen LogP contribution in [0.4, 0.5) is 0 Å². The third kappa shape index (κ3) is 3.25. The van der Waals surface area contributed by atoms with E-state index in [-0.39, 0.29) is 5.41 Å². The summed E-state index contributed by atoms with van der Waals surface area (Å²) in [6, 6.07) is 0. The molecular weight excluding hydrogens is 160 g/mol. The monoisotopic (exact) mass is 174 g/mol. The molecular formula is C11H14N2. The fourth-order valence-corrected chi connectivity index (χ4v) is 1.13. The van der Waals surface area contributed by atoms with Crippen molar-refractivity contribution in [3.8, 4) is 12.3 Å². The quantitative estimate of drug-likeness (QED) is 0.609. The molecule has 68 valence electrons. The minimum absolute atomic E-state index is 0.265. The van der Waals surface area contributed by atoms with Gasteiger partial charge in [-0.15, -0.1) is 6.42 Å². The first-order valence-corrected chi connectivity index (χ1v) is 4.29. The molecule has 0 aromatic carbocycles. The fraction of sp³-hybridized carbons (Fsp3) is 0.455. The van der Waals surface area contributed by atoms with Gasteiger partial charge in [0.1, 0.15) is 0 Å². The second kappa shape index (κ2) is 3.57. The Bertz CT molecular complexity index is 311. The summed E-state index contributed by atoms with van der Waals surface area (Å²) < 4.78 is 0. The molecule has 1 aromatic heterocycles. The highest BCUT2D eigenvalue weighted by atomic mass is 14.8. The molecule has 0 radical (unpaired) electrons. The number of rotatable bonds is 1. The second-order valence-electron chi connectivity index (χ2n) is 4.30. The molecule has 2 nitrogen and oxygen atoms in total. The number of hydrogen-bond donors (Lipinski definition) is 0. The molecule has 1 rings (SSSR count). The van der Waals surface area contributed by atoms with E-state index >= 15 is 0 Å². The SMILES string of the molecule is C#Cc1ncc(CC(C)(C)C)cn1. The lowest BCUT2D eigenvalue weighted by atomic mass is 9.89. The summed E-state index contributed by atoms with van der Waals surface area (Å²) in [5.74, 6) is 2.85. The molecule has 0 aliphatic rings. The van der Waals surface area contributed by atoms with E-state index in [1.807, 2.05) is 0 Å². The molecule has 0 atom stereocenters. The van der Waals surface area contributed by atoms with Gasteiger partial charge in [0.05, 0.1) is 0 Å². The molecule has 0 aliphatic carbocycles. The average Bonchev–Trinajstić information content (AvgIpc) is 2.03. The molecule has 0 spiro atoms. The van der Waals surface area contributed by atoms with E-state index in [0.29, 0.717) is 5.82 Å². The number of aromatic nitrogens is 2. The first-order valence-electron chi connectivity index (χ1n) is 4.29. The zero-order valence-corrected chi connectivity index (χ0v) is 8.33. The van der Waals surface area contributed by atoms with Crippen LogP contribution in [0.3, 0.4) is 0 Å². The van der Waals surface area contributed by atoms with Crippen molar-refractivity contribution < 1.29 is 0 Å². The van der Waals surface area contributed by atoms with Crippen LogP contribution >= 0.6 is 0 Å². The Hall–Kier alpha value is -1.36. The first kappa shape index (κ1) is 9.73. The van der Waals surface area contributed by atoms with Gasteiger partial charge in [-0.25, -0.2) is 9.97 Å². The maximum absolute atomic E-state index is 5.15. The van der Waals surface area contributed by atoms with Crippen LogP contribution in [-0.4, -0.2) is 9.97 Å². The van der Waals surface area contributed by atoms with Crippen molar-refractivity contribution >= 4 is 0 Å². The maximum atomic E-state index is 5.15. The van der Waals surface area contributed by atoms with E-state index in [1.165, 1.54) is 0 Å². The predicted molar refractivity (Wildman–Crippen MR) is 53.1 cm³/mol. The fourth-order valence-electron chi connectivity index (χ4n) is 1.13. The van der Waals surface area contributed by atoms with Crippen LogP contribution in [-0.2, 0) is 6.42 Å². The van der Waals surface area contributed by atoms with Crippen LogP contribution in [0.15, 0.2) is 12.4 Å². The molecule has 0 bridgehead atoms. The van der Waals surface area contributed by atoms with Gasteiger partial charge in [-0.05, 0) is 23.3 Å². The standard InChI is InChI=1S/C11H14N2/c1-5-10-12-7-9(8-13-10)6-11(2,3)4/h1,7-8H,6H2,2-4H3. The second-order valence-corrected chi connectivity index (χ2v) is 4.30. The Morgan fingerprint density at radius 3 is 2.23 bits per heavy atom. The van der Waals surface area contributed by atoms with E-state index in [0.717, 1.165) is 12.0 Å². The Balaban J connectivity index is 2.77. The van der Waals surface area contributed by atoms with Gasteiger partial charge in [-0.3, -0.25) is 0 Å². The molecule has 1 aromatic rings. The minimum atomic E-state index is 0.265. The number of hydrogen-bond acceptors (Lipinski definition) is 2. The van der Waals surface area contributed by atoms with Crippen molar-refractivity contribution in [3.63, 3.8) is 0 Å². The van der Waals surface area contributed by atoms with Crippen molar-refractivity contribution in [1.29, 1.82) is 0 Å². The topological polar surface area (TPSA) is 25.8 Å². The minimum Gasteiger partial charge on any atom is -0.229 e. The van der Waals surface area contributed by atoms with Crippen molar-refractivity contribution in [2.75, 3.05) is 0 Å². The van der Waals surface area contributed by atoms with Crippen molar-refractivity contribution in [2.24, 2.45) is 5.41 Å². The van der Waals surface area contributed by atoms with Gasteiger partial charge in [-0.1, -0.05) is 20.8 Å². The third-order valence-electron chi connectivity index (χ3n) is 1.57. The molecule has 2 heteroatoms. The molecule has 0 amide bonds. The summed E-state index contributed by atoms with van der Waals surface area (Å²) in [6.45, 7) is 6.55. The maximum Gasteiger partial charge on any atom is 0.204 e. The normalized spacial score (nSPS) is 10.9. The summed E-state index contributed by atoms with van der Waals surface area (Å²) in [5.41, 5.74) is 1.40. The summed E-state index contributed by atoms with van der Waals surface area (Å²) in [4.78, 5) is 8.07. The lowest BCUT2D eigenvalue weighted by Gasteiger charge is -2.17. The predicted octanol–water partition coefficient (Wildman–Crippen LogP) is 2.05. The van der Waals surface area contributed by atoms with Gasteiger partial charge in [0.2, 0.25) is 5.82 Å². The molecule has 0 N–H and O–H groups in total. The van der Waals surface area contributed by atoms with Crippen LogP contribution in [0.5, 0.6) is 0 Å². The largest absolute Gasteiger partial charge is 0.229 e. The average molecular weight is 174 g/mol. The molecule has 0 saturated carbocycles. The van der Waals surface area contributed by atoms with Gasteiger partial charge in [-0.2, -0.15) is 0 Å². The lowest BCUT2D eigenvalue weighted by Crippen LogP contribution is -2.09. The number of nitrogens with zero attached hydrogens (tertiary/aromatic N) is 2. The summed E-state index contributed by atoms with van der Waals surface area (Å²) in [7, 11) is 0. The lowest BCUT2D eigenvalue weighted by molar-refractivity contribution is 0.410. The van der Waals surface area contributed by atoms with E-state index in [4.69, 9.17) is 6.42 Å². The van der Waals surface area contributed by atoms with E-state index in [9.17, 15) is 0 Å². The summed E-state index contributed by atoms with van der Waals surface area (Å²) in [6.07, 6.45) is 9.72. The van der Waals surface area contributed by atoms with Gasteiger partial charge in [0, 0.05) is 12.4 Å². The highest BCUT2D eigenvalue weighted by Crippen LogP contribution is 2.19. The van der Waals surface area contributed by atoms with Crippen molar-refractivity contribution in [3.05, 3.63) is 23.8 Å². The molecule has 1 heterocycles. The molecule has 0 aliphatic heterocycles. The molecule has 0 saturated heterocycles. The third-order valence-corrected chi connectivity index (χ3v) is 1.57. The van der Waals surface area contributed by atoms with E-state index in [2.05, 4.69) is 36.7 Å². The molecule has 13 heavy (non-hydrogen) atoms. The molecule has 0 fully saturated rings. The number of terminal acetylenes is 1. The van der Waals surface area contributed by atoms with Crippen LogP contribution < -0.4 is 0 Å². The van der Waals surface area contributed by atoms with Gasteiger partial charge < -0.3 is 0 Å².